The summed E-state index contributed by atoms with van der Waals surface area (Å²) >= 11 is 0. The van der Waals surface area contributed by atoms with E-state index < -0.39 is 0 Å². The van der Waals surface area contributed by atoms with Crippen LogP contribution in [0.3, 0.4) is 0 Å². The third kappa shape index (κ3) is 3.80. The molecule has 0 saturated carbocycles. The van der Waals surface area contributed by atoms with Gasteiger partial charge in [0.2, 0.25) is 0 Å². The maximum absolute atomic E-state index is 12.5. The number of ether oxygens (including phenoxy) is 1. The fraction of sp³-hybridized carbons (Fsp3) is 0.263. The summed E-state index contributed by atoms with van der Waals surface area (Å²) in [6, 6.07) is 9.28. The number of aryl methyl sites for hydroxylation is 1. The molecule has 138 valence electrons. The number of morpholine rings is 1. The smallest absolute Gasteiger partial charge is 0.256 e. The van der Waals surface area contributed by atoms with Crippen LogP contribution in [0.25, 0.3) is 5.82 Å². The third-order valence-corrected chi connectivity index (χ3v) is 4.47. The van der Waals surface area contributed by atoms with Gasteiger partial charge in [-0.2, -0.15) is 0 Å². The number of hydrogen-bond donors (Lipinski definition) is 1. The molecule has 1 N–H and O–H groups in total. The Kier molecular flexibility index (Phi) is 4.80. The van der Waals surface area contributed by atoms with Crippen molar-refractivity contribution in [3.8, 4) is 5.82 Å². The van der Waals surface area contributed by atoms with Crippen molar-refractivity contribution < 1.29 is 9.53 Å². The predicted octanol–water partition coefficient (Wildman–Crippen LogP) is 2.06. The number of anilines is 2. The Morgan fingerprint density at radius 3 is 2.59 bits per heavy atom. The lowest BCUT2D eigenvalue weighted by Crippen LogP contribution is -2.36. The van der Waals surface area contributed by atoms with Gasteiger partial charge < -0.3 is 15.0 Å². The number of benzene rings is 1. The van der Waals surface area contributed by atoms with Crippen molar-refractivity contribution in [3.63, 3.8) is 0 Å². The average molecular weight is 364 g/mol. The molecule has 2 aromatic heterocycles. The first-order valence-electron chi connectivity index (χ1n) is 8.77. The SMILES string of the molecule is Cc1nccn1-c1cc(NC(=O)c2ccc(N3CCOCC3)cc2)ncn1. The first kappa shape index (κ1) is 17.2. The van der Waals surface area contributed by atoms with Crippen LogP contribution in [0.1, 0.15) is 16.2 Å². The summed E-state index contributed by atoms with van der Waals surface area (Å²) in [5.41, 5.74) is 1.67. The van der Waals surface area contributed by atoms with Crippen molar-refractivity contribution in [1.29, 1.82) is 0 Å². The van der Waals surface area contributed by atoms with Crippen LogP contribution in [0.4, 0.5) is 11.5 Å². The Morgan fingerprint density at radius 2 is 1.89 bits per heavy atom. The Labute approximate surface area is 156 Å². The minimum Gasteiger partial charge on any atom is -0.378 e. The van der Waals surface area contributed by atoms with Gasteiger partial charge in [0.25, 0.3) is 5.91 Å². The van der Waals surface area contributed by atoms with Crippen LogP contribution in [0.5, 0.6) is 0 Å². The van der Waals surface area contributed by atoms with Crippen LogP contribution >= 0.6 is 0 Å². The number of imidazole rings is 1. The highest BCUT2D eigenvalue weighted by atomic mass is 16.5. The maximum atomic E-state index is 12.5. The third-order valence-electron chi connectivity index (χ3n) is 4.47. The fourth-order valence-electron chi connectivity index (χ4n) is 3.00. The molecule has 0 atom stereocenters. The number of carbonyl (C=O) groups is 1. The lowest BCUT2D eigenvalue weighted by molar-refractivity contribution is 0.102. The zero-order valence-corrected chi connectivity index (χ0v) is 15.0. The van der Waals surface area contributed by atoms with Crippen molar-refractivity contribution in [2.75, 3.05) is 36.5 Å². The number of hydrogen-bond acceptors (Lipinski definition) is 6. The molecule has 8 nitrogen and oxygen atoms in total. The summed E-state index contributed by atoms with van der Waals surface area (Å²) in [5, 5.41) is 2.82. The Hall–Kier alpha value is -3.26. The van der Waals surface area contributed by atoms with E-state index in [9.17, 15) is 4.79 Å². The van der Waals surface area contributed by atoms with Crippen LogP contribution in [0, 0.1) is 6.92 Å². The fourth-order valence-corrected chi connectivity index (χ4v) is 3.00. The van der Waals surface area contributed by atoms with Gasteiger partial charge in [-0.05, 0) is 31.2 Å². The molecule has 3 aromatic rings. The van der Waals surface area contributed by atoms with E-state index in [4.69, 9.17) is 4.74 Å². The summed E-state index contributed by atoms with van der Waals surface area (Å²) in [6.45, 7) is 5.07. The number of nitrogens with one attached hydrogen (secondary N) is 1. The topological polar surface area (TPSA) is 85.2 Å². The normalized spacial score (nSPS) is 14.2. The molecule has 0 radical (unpaired) electrons. The van der Waals surface area contributed by atoms with E-state index in [1.165, 1.54) is 6.33 Å². The van der Waals surface area contributed by atoms with Crippen molar-refractivity contribution >= 4 is 17.4 Å². The van der Waals surface area contributed by atoms with Gasteiger partial charge in [0.15, 0.2) is 0 Å². The highest BCUT2D eigenvalue weighted by Gasteiger charge is 2.13. The Morgan fingerprint density at radius 1 is 1.11 bits per heavy atom. The van der Waals surface area contributed by atoms with Crippen molar-refractivity contribution in [2.45, 2.75) is 6.92 Å². The highest BCUT2D eigenvalue weighted by molar-refractivity contribution is 6.04. The second kappa shape index (κ2) is 7.55. The summed E-state index contributed by atoms with van der Waals surface area (Å²) in [5.74, 6) is 1.69. The van der Waals surface area contributed by atoms with E-state index in [1.807, 2.05) is 42.0 Å². The van der Waals surface area contributed by atoms with Gasteiger partial charge in [-0.1, -0.05) is 0 Å². The number of amides is 1. The molecule has 3 heterocycles. The summed E-state index contributed by atoms with van der Waals surface area (Å²) in [6.07, 6.45) is 4.94. The predicted molar refractivity (Wildman–Crippen MR) is 101 cm³/mol. The quantitative estimate of drug-likeness (QED) is 0.763. The van der Waals surface area contributed by atoms with Crippen LogP contribution < -0.4 is 10.2 Å². The minimum atomic E-state index is -0.212. The van der Waals surface area contributed by atoms with Gasteiger partial charge in [0.1, 0.15) is 23.8 Å². The summed E-state index contributed by atoms with van der Waals surface area (Å²) in [7, 11) is 0. The molecule has 1 amide bonds. The van der Waals surface area contributed by atoms with Crippen LogP contribution in [-0.4, -0.2) is 51.7 Å². The van der Waals surface area contributed by atoms with Gasteiger partial charge >= 0.3 is 0 Å². The molecular weight excluding hydrogens is 344 g/mol. The number of nitrogens with zero attached hydrogens (tertiary/aromatic N) is 5. The van der Waals surface area contributed by atoms with Gasteiger partial charge in [-0.15, -0.1) is 0 Å². The second-order valence-corrected chi connectivity index (χ2v) is 6.21. The maximum Gasteiger partial charge on any atom is 0.256 e. The zero-order chi connectivity index (χ0) is 18.6. The van der Waals surface area contributed by atoms with Gasteiger partial charge in [-0.3, -0.25) is 9.36 Å². The molecule has 0 bridgehead atoms. The second-order valence-electron chi connectivity index (χ2n) is 6.21. The Balaban J connectivity index is 1.47. The summed E-state index contributed by atoms with van der Waals surface area (Å²) in [4.78, 5) is 27.3. The highest BCUT2D eigenvalue weighted by Crippen LogP contribution is 2.18. The van der Waals surface area contributed by atoms with E-state index in [0.717, 1.165) is 37.8 Å². The first-order chi connectivity index (χ1) is 13.2. The van der Waals surface area contributed by atoms with Crippen LogP contribution in [0.2, 0.25) is 0 Å². The van der Waals surface area contributed by atoms with Crippen LogP contribution in [0.15, 0.2) is 49.1 Å². The van der Waals surface area contributed by atoms with Gasteiger partial charge in [0.05, 0.1) is 13.2 Å². The number of aromatic nitrogens is 4. The number of carbonyl (C=O) groups excluding carboxylic acids is 1. The first-order valence-corrected chi connectivity index (χ1v) is 8.77. The molecule has 0 aliphatic carbocycles. The van der Waals surface area contributed by atoms with Crippen LogP contribution in [-0.2, 0) is 4.74 Å². The molecule has 1 aliphatic rings. The van der Waals surface area contributed by atoms with E-state index in [2.05, 4.69) is 25.2 Å². The van der Waals surface area contributed by atoms with E-state index >= 15 is 0 Å². The molecule has 27 heavy (non-hydrogen) atoms. The average Bonchev–Trinajstić information content (AvgIpc) is 3.15. The molecule has 0 unspecified atom stereocenters. The van der Waals surface area contributed by atoms with Crippen molar-refractivity contribution in [2.24, 2.45) is 0 Å². The lowest BCUT2D eigenvalue weighted by atomic mass is 10.1. The molecule has 1 saturated heterocycles. The molecule has 1 aromatic carbocycles. The molecule has 0 spiro atoms. The molecule has 1 fully saturated rings. The Bertz CT molecular complexity index is 931. The van der Waals surface area contributed by atoms with E-state index in [0.29, 0.717) is 17.2 Å². The minimum absolute atomic E-state index is 0.212. The molecular formula is C19H20N6O2. The zero-order valence-electron chi connectivity index (χ0n) is 15.0. The van der Waals surface area contributed by atoms with Crippen molar-refractivity contribution in [1.82, 2.24) is 19.5 Å². The van der Waals surface area contributed by atoms with E-state index in [-0.39, 0.29) is 5.91 Å². The summed E-state index contributed by atoms with van der Waals surface area (Å²) < 4.78 is 7.20. The lowest BCUT2D eigenvalue weighted by Gasteiger charge is -2.28. The molecule has 1 aliphatic heterocycles. The van der Waals surface area contributed by atoms with Gasteiger partial charge in [-0.25, -0.2) is 15.0 Å². The molecule has 8 heteroatoms. The molecule has 4 rings (SSSR count). The van der Waals surface area contributed by atoms with Crippen molar-refractivity contribution in [3.05, 3.63) is 60.4 Å². The monoisotopic (exact) mass is 364 g/mol. The number of rotatable bonds is 4. The van der Waals surface area contributed by atoms with Gasteiger partial charge in [0, 0.05) is 42.8 Å². The van der Waals surface area contributed by atoms with E-state index in [1.54, 1.807) is 12.3 Å². The largest absolute Gasteiger partial charge is 0.378 e. The standard InChI is InChI=1S/C19H20N6O2/c1-14-20-6-7-25(14)18-12-17(21-13-22-18)23-19(26)15-2-4-16(5-3-15)24-8-10-27-11-9-24/h2-7,12-13H,8-11H2,1H3,(H,21,22,23,26).